The fourth-order valence-corrected chi connectivity index (χ4v) is 2.95. The molecule has 8 heteroatoms. The van der Waals surface area contributed by atoms with Crippen molar-refractivity contribution in [3.8, 4) is 0 Å². The predicted molar refractivity (Wildman–Crippen MR) is 71.8 cm³/mol. The van der Waals surface area contributed by atoms with Crippen LogP contribution in [-0.2, 0) is 9.73 Å². The Morgan fingerprint density at radius 3 is 2.85 bits per heavy atom. The molecule has 7 nitrogen and oxygen atoms in total. The first kappa shape index (κ1) is 15.2. The molecule has 20 heavy (non-hydrogen) atoms. The normalized spacial score (nSPS) is 33.5. The summed E-state index contributed by atoms with van der Waals surface area (Å²) in [6, 6.07) is 1.14. The van der Waals surface area contributed by atoms with Crippen molar-refractivity contribution in [3.05, 3.63) is 33.1 Å². The van der Waals surface area contributed by atoms with Gasteiger partial charge in [-0.05, 0) is 6.42 Å². The Labute approximate surface area is 119 Å². The predicted octanol–water partition coefficient (Wildman–Crippen LogP) is -0.650. The second-order valence-corrected chi connectivity index (χ2v) is 5.62. The summed E-state index contributed by atoms with van der Waals surface area (Å²) >= 11 is 6.36. The summed E-state index contributed by atoms with van der Waals surface area (Å²) in [5.74, 6) is 0. The number of hydrogen-bond donors (Lipinski definition) is 3. The highest BCUT2D eigenvalue weighted by molar-refractivity contribution is 6.22. The van der Waals surface area contributed by atoms with Crippen LogP contribution in [-0.4, -0.2) is 44.7 Å². The van der Waals surface area contributed by atoms with Crippen LogP contribution in [0.3, 0.4) is 0 Å². The Kier molecular flexibility index (Phi) is 4.06. The molecule has 0 spiro atoms. The van der Waals surface area contributed by atoms with Gasteiger partial charge in [-0.2, -0.15) is 0 Å². The Morgan fingerprint density at radius 1 is 1.60 bits per heavy atom. The van der Waals surface area contributed by atoms with E-state index in [2.05, 4.69) is 4.98 Å². The van der Waals surface area contributed by atoms with Gasteiger partial charge in [-0.3, -0.25) is 14.3 Å². The second kappa shape index (κ2) is 5.33. The number of nitrogens with zero attached hydrogens (tertiary/aromatic N) is 1. The maximum absolute atomic E-state index is 11.8. The smallest absolute Gasteiger partial charge is 0.329 e. The molecule has 1 aliphatic heterocycles. The van der Waals surface area contributed by atoms with Gasteiger partial charge in [-0.1, -0.05) is 24.9 Å². The van der Waals surface area contributed by atoms with E-state index in [1.807, 2.05) is 6.92 Å². The SMILES string of the molecule is CCC[C@]1(CO)OCC(Cl)(n2ccc(=O)[nH]c2=O)[C@@H]1O. The highest BCUT2D eigenvalue weighted by atomic mass is 35.5. The number of ether oxygens (including phenoxy) is 1. The number of aromatic amines is 1. The number of aromatic nitrogens is 2. The van der Waals surface area contributed by atoms with Crippen LogP contribution in [0, 0.1) is 0 Å². The van der Waals surface area contributed by atoms with E-state index in [9.17, 15) is 19.8 Å². The third-order valence-electron chi connectivity index (χ3n) is 3.64. The van der Waals surface area contributed by atoms with Gasteiger partial charge >= 0.3 is 5.69 Å². The molecule has 1 saturated heterocycles. The summed E-state index contributed by atoms with van der Waals surface area (Å²) in [6.45, 7) is 1.32. The van der Waals surface area contributed by atoms with E-state index in [4.69, 9.17) is 16.3 Å². The van der Waals surface area contributed by atoms with Gasteiger partial charge in [0.1, 0.15) is 11.7 Å². The Balaban J connectivity index is 2.46. The lowest BCUT2D eigenvalue weighted by molar-refractivity contribution is -0.0978. The molecule has 0 aromatic carbocycles. The van der Waals surface area contributed by atoms with Gasteiger partial charge in [-0.25, -0.2) is 4.79 Å². The Morgan fingerprint density at radius 2 is 2.30 bits per heavy atom. The lowest BCUT2D eigenvalue weighted by Crippen LogP contribution is -2.53. The average molecular weight is 305 g/mol. The molecule has 0 bridgehead atoms. The summed E-state index contributed by atoms with van der Waals surface area (Å²) in [6.07, 6.45) is 0.993. The van der Waals surface area contributed by atoms with Crippen molar-refractivity contribution in [2.24, 2.45) is 0 Å². The van der Waals surface area contributed by atoms with E-state index in [0.717, 1.165) is 10.6 Å². The Hall–Kier alpha value is -1.15. The summed E-state index contributed by atoms with van der Waals surface area (Å²) in [7, 11) is 0. The number of hydrogen-bond acceptors (Lipinski definition) is 5. The molecule has 1 fully saturated rings. The van der Waals surface area contributed by atoms with Crippen LogP contribution in [0.2, 0.25) is 0 Å². The number of rotatable bonds is 4. The maximum Gasteiger partial charge on any atom is 0.329 e. The van der Waals surface area contributed by atoms with Crippen molar-refractivity contribution < 1.29 is 14.9 Å². The van der Waals surface area contributed by atoms with E-state index in [-0.39, 0.29) is 6.61 Å². The molecule has 2 heterocycles. The average Bonchev–Trinajstić information content (AvgIpc) is 2.66. The molecule has 3 N–H and O–H groups in total. The molecule has 0 aliphatic carbocycles. The molecule has 112 valence electrons. The zero-order valence-electron chi connectivity index (χ0n) is 11.0. The molecule has 1 aliphatic rings. The summed E-state index contributed by atoms with van der Waals surface area (Å²) < 4.78 is 6.54. The third kappa shape index (κ3) is 2.20. The summed E-state index contributed by atoms with van der Waals surface area (Å²) in [5.41, 5.74) is -2.49. The monoisotopic (exact) mass is 304 g/mol. The van der Waals surface area contributed by atoms with Crippen LogP contribution < -0.4 is 11.2 Å². The maximum atomic E-state index is 11.8. The van der Waals surface area contributed by atoms with Crippen molar-refractivity contribution in [2.45, 2.75) is 36.5 Å². The standard InChI is InChI=1S/C12H17ClN2O5/c1-2-4-11(6-16)9(18)12(13,7-20-11)15-5-3-8(17)14-10(15)19/h3,5,9,16,18H,2,4,6-7H2,1H3,(H,14,17,19)/t9-,11-,12?/m1/s1. The summed E-state index contributed by atoms with van der Waals surface area (Å²) in [5, 5.41) is 20.0. The van der Waals surface area contributed by atoms with E-state index in [0.29, 0.717) is 12.8 Å². The molecule has 0 amide bonds. The van der Waals surface area contributed by atoms with Crippen LogP contribution in [0.15, 0.2) is 21.9 Å². The van der Waals surface area contributed by atoms with Crippen LogP contribution in [0.25, 0.3) is 0 Å². The molecular formula is C12H17ClN2O5. The lowest BCUT2D eigenvalue weighted by Gasteiger charge is -2.33. The van der Waals surface area contributed by atoms with Crippen LogP contribution in [0.1, 0.15) is 19.8 Å². The fraction of sp³-hybridized carbons (Fsp3) is 0.667. The van der Waals surface area contributed by atoms with Crippen LogP contribution in [0.5, 0.6) is 0 Å². The van der Waals surface area contributed by atoms with Gasteiger partial charge in [0.15, 0.2) is 5.00 Å². The quantitative estimate of drug-likeness (QED) is 0.641. The van der Waals surface area contributed by atoms with Crippen molar-refractivity contribution in [3.63, 3.8) is 0 Å². The zero-order valence-corrected chi connectivity index (χ0v) is 11.8. The second-order valence-electron chi connectivity index (χ2n) is 4.96. The van der Waals surface area contributed by atoms with Crippen LogP contribution >= 0.6 is 11.6 Å². The number of aliphatic hydroxyl groups excluding tert-OH is 2. The molecule has 1 aromatic rings. The third-order valence-corrected chi connectivity index (χ3v) is 4.14. The fourth-order valence-electron chi connectivity index (χ4n) is 2.56. The van der Waals surface area contributed by atoms with Crippen molar-refractivity contribution in [1.82, 2.24) is 9.55 Å². The number of alkyl halides is 1. The Bertz CT molecular complexity index is 600. The van der Waals surface area contributed by atoms with Gasteiger partial charge < -0.3 is 14.9 Å². The first-order valence-corrected chi connectivity index (χ1v) is 6.71. The topological polar surface area (TPSA) is 105 Å². The van der Waals surface area contributed by atoms with E-state index in [1.165, 1.54) is 6.20 Å². The van der Waals surface area contributed by atoms with E-state index < -0.39 is 34.6 Å². The summed E-state index contributed by atoms with van der Waals surface area (Å²) in [4.78, 5) is 23.4. The molecule has 0 radical (unpaired) electrons. The van der Waals surface area contributed by atoms with Crippen molar-refractivity contribution in [1.29, 1.82) is 0 Å². The van der Waals surface area contributed by atoms with Crippen molar-refractivity contribution >= 4 is 11.6 Å². The highest BCUT2D eigenvalue weighted by Gasteiger charge is 2.58. The highest BCUT2D eigenvalue weighted by Crippen LogP contribution is 2.43. The first-order chi connectivity index (χ1) is 9.39. The molecule has 2 rings (SSSR count). The van der Waals surface area contributed by atoms with Gasteiger partial charge in [0.05, 0.1) is 13.2 Å². The number of nitrogens with one attached hydrogen (secondary N) is 1. The largest absolute Gasteiger partial charge is 0.393 e. The van der Waals surface area contributed by atoms with Gasteiger partial charge in [0.2, 0.25) is 0 Å². The van der Waals surface area contributed by atoms with Gasteiger partial charge in [0, 0.05) is 12.3 Å². The van der Waals surface area contributed by atoms with Gasteiger partial charge in [0.25, 0.3) is 5.56 Å². The first-order valence-electron chi connectivity index (χ1n) is 6.34. The van der Waals surface area contributed by atoms with Crippen molar-refractivity contribution in [2.75, 3.05) is 13.2 Å². The van der Waals surface area contributed by atoms with Gasteiger partial charge in [-0.15, -0.1) is 0 Å². The minimum Gasteiger partial charge on any atom is -0.393 e. The molecule has 1 unspecified atom stereocenters. The lowest BCUT2D eigenvalue weighted by atomic mass is 9.90. The zero-order chi connectivity index (χ0) is 15.0. The minimum absolute atomic E-state index is 0.151. The van der Waals surface area contributed by atoms with E-state index in [1.54, 1.807) is 0 Å². The minimum atomic E-state index is -1.56. The molecule has 0 saturated carbocycles. The number of halogens is 1. The molecule has 1 aromatic heterocycles. The van der Waals surface area contributed by atoms with Crippen LogP contribution in [0.4, 0.5) is 0 Å². The molecular weight excluding hydrogens is 288 g/mol. The molecule has 3 atom stereocenters. The van der Waals surface area contributed by atoms with E-state index >= 15 is 0 Å². The number of H-pyrrole nitrogens is 1. The number of aliphatic hydroxyl groups is 2.